The summed E-state index contributed by atoms with van der Waals surface area (Å²) in [6.07, 6.45) is -6.70. The molecule has 3 aromatic rings. The number of benzene rings is 3. The van der Waals surface area contributed by atoms with E-state index in [0.717, 1.165) is 48.5 Å². The van der Waals surface area contributed by atoms with Crippen LogP contribution in [0.15, 0.2) is 84.9 Å². The smallest absolute Gasteiger partial charge is 0.368 e. The van der Waals surface area contributed by atoms with Crippen LogP contribution in [-0.4, -0.2) is 30.4 Å². The van der Waals surface area contributed by atoms with Crippen LogP contribution >= 0.6 is 0 Å². The Bertz CT molecular complexity index is 1330. The van der Waals surface area contributed by atoms with Crippen LogP contribution in [-0.2, 0) is 27.4 Å². The lowest BCUT2D eigenvalue weighted by Gasteiger charge is -2.53. The second-order valence-corrected chi connectivity index (χ2v) is 9.49. The monoisotopic (exact) mass is 561 g/mol. The Morgan fingerprint density at radius 2 is 1.30 bits per heavy atom. The molecule has 2 amide bonds. The topological polar surface area (TPSA) is 84.2 Å². The normalized spacial score (nSPS) is 19.4. The van der Waals surface area contributed by atoms with Gasteiger partial charge in [-0.1, -0.05) is 54.6 Å². The van der Waals surface area contributed by atoms with Gasteiger partial charge in [0.2, 0.25) is 11.8 Å². The van der Waals surface area contributed by atoms with Crippen molar-refractivity contribution < 1.29 is 35.9 Å². The summed E-state index contributed by atoms with van der Waals surface area (Å²) in [5.41, 5.74) is 1.43. The van der Waals surface area contributed by atoms with Gasteiger partial charge < -0.3 is 16.4 Å². The maximum Gasteiger partial charge on any atom is 0.416 e. The van der Waals surface area contributed by atoms with Crippen LogP contribution in [0.4, 0.5) is 26.3 Å². The number of piperidine rings is 1. The van der Waals surface area contributed by atoms with Crippen LogP contribution < -0.4 is 16.4 Å². The first-order valence-electron chi connectivity index (χ1n) is 12.2. The third-order valence-corrected chi connectivity index (χ3v) is 7.19. The Kier molecular flexibility index (Phi) is 7.80. The number of carbonyl (C=O) groups excluding carboxylic acids is 2. The highest BCUT2D eigenvalue weighted by molar-refractivity contribution is 5.99. The molecule has 1 saturated heterocycles. The van der Waals surface area contributed by atoms with Gasteiger partial charge in [0.05, 0.1) is 16.5 Å². The van der Waals surface area contributed by atoms with Crippen LogP contribution in [0.3, 0.4) is 0 Å². The first kappa shape index (κ1) is 28.9. The Morgan fingerprint density at radius 1 is 0.800 bits per heavy atom. The fourth-order valence-electron chi connectivity index (χ4n) is 5.22. The molecule has 4 N–H and O–H groups in total. The highest BCUT2D eigenvalue weighted by Crippen LogP contribution is 2.46. The summed E-state index contributed by atoms with van der Waals surface area (Å²) >= 11 is 0. The third-order valence-electron chi connectivity index (χ3n) is 7.19. The zero-order chi connectivity index (χ0) is 29.2. The number of hydrogen-bond donors (Lipinski definition) is 3. The van der Waals surface area contributed by atoms with E-state index in [0.29, 0.717) is 5.56 Å². The van der Waals surface area contributed by atoms with E-state index in [1.54, 1.807) is 30.3 Å². The zero-order valence-electron chi connectivity index (χ0n) is 20.9. The third kappa shape index (κ3) is 5.46. The van der Waals surface area contributed by atoms with E-state index < -0.39 is 46.2 Å². The van der Waals surface area contributed by atoms with Gasteiger partial charge in [-0.05, 0) is 60.0 Å². The molecular formula is C29H25F6N3O2. The molecule has 1 aliphatic heterocycles. The molecule has 0 saturated carbocycles. The predicted octanol–water partition coefficient (Wildman–Crippen LogP) is 5.06. The van der Waals surface area contributed by atoms with Crippen molar-refractivity contribution >= 4 is 17.9 Å². The van der Waals surface area contributed by atoms with E-state index >= 15 is 0 Å². The molecule has 4 rings (SSSR count). The summed E-state index contributed by atoms with van der Waals surface area (Å²) < 4.78 is 80.1. The molecule has 0 spiro atoms. The molecule has 0 aromatic heterocycles. The number of halogens is 6. The number of carbonyl (C=O) groups is 2. The summed E-state index contributed by atoms with van der Waals surface area (Å²) in [7, 11) is 0. The molecule has 0 bridgehead atoms. The van der Waals surface area contributed by atoms with E-state index in [1.165, 1.54) is 12.2 Å². The van der Waals surface area contributed by atoms with Crippen LogP contribution in [0.2, 0.25) is 0 Å². The molecule has 5 nitrogen and oxygen atoms in total. The summed E-state index contributed by atoms with van der Waals surface area (Å²) in [6, 6.07) is 16.7. The van der Waals surface area contributed by atoms with E-state index in [1.807, 2.05) is 0 Å². The maximum absolute atomic E-state index is 13.4. The fourth-order valence-corrected chi connectivity index (χ4v) is 5.22. The Morgan fingerprint density at radius 3 is 1.75 bits per heavy atom. The van der Waals surface area contributed by atoms with E-state index in [4.69, 9.17) is 5.73 Å². The van der Waals surface area contributed by atoms with Crippen LogP contribution in [0.25, 0.3) is 6.08 Å². The molecule has 1 aliphatic rings. The van der Waals surface area contributed by atoms with Gasteiger partial charge in [-0.3, -0.25) is 9.59 Å². The Hall–Kier alpha value is -4.12. The number of alkyl halides is 6. The van der Waals surface area contributed by atoms with Crippen LogP contribution in [0.1, 0.15) is 34.2 Å². The molecular weight excluding hydrogens is 536 g/mol. The summed E-state index contributed by atoms with van der Waals surface area (Å²) in [5.74, 6) is -1.71. The number of amides is 2. The quantitative estimate of drug-likeness (QED) is 0.291. The fraction of sp³-hybridized carbons (Fsp3) is 0.241. The molecule has 3 aromatic carbocycles. The second-order valence-electron chi connectivity index (χ2n) is 9.49. The highest BCUT2D eigenvalue weighted by atomic mass is 19.4. The van der Waals surface area contributed by atoms with Gasteiger partial charge in [0.25, 0.3) is 0 Å². The lowest BCUT2D eigenvalue weighted by Crippen LogP contribution is -2.74. The largest absolute Gasteiger partial charge is 0.416 e. The molecule has 1 unspecified atom stereocenters. The van der Waals surface area contributed by atoms with Crippen molar-refractivity contribution in [3.63, 3.8) is 0 Å². The van der Waals surface area contributed by atoms with Crippen LogP contribution in [0, 0.1) is 0 Å². The molecule has 1 heterocycles. The average Bonchev–Trinajstić information content (AvgIpc) is 2.92. The van der Waals surface area contributed by atoms with Crippen molar-refractivity contribution in [1.82, 2.24) is 10.6 Å². The lowest BCUT2D eigenvalue weighted by atomic mass is 9.57. The predicted molar refractivity (Wildman–Crippen MR) is 137 cm³/mol. The van der Waals surface area contributed by atoms with E-state index in [2.05, 4.69) is 10.6 Å². The van der Waals surface area contributed by atoms with E-state index in [-0.39, 0.29) is 30.6 Å². The first-order valence-corrected chi connectivity index (χ1v) is 12.2. The number of hydrogen-bond acceptors (Lipinski definition) is 3. The van der Waals surface area contributed by atoms with Crippen molar-refractivity contribution in [3.8, 4) is 0 Å². The van der Waals surface area contributed by atoms with E-state index in [9.17, 15) is 35.9 Å². The molecule has 1 fully saturated rings. The number of primary amides is 1. The summed E-state index contributed by atoms with van der Waals surface area (Å²) in [4.78, 5) is 26.5. The molecule has 210 valence electrons. The van der Waals surface area contributed by atoms with Gasteiger partial charge in [-0.2, -0.15) is 26.3 Å². The minimum atomic E-state index is -4.65. The van der Waals surface area contributed by atoms with Crippen LogP contribution in [0.5, 0.6) is 0 Å². The molecule has 40 heavy (non-hydrogen) atoms. The highest BCUT2D eigenvalue weighted by Gasteiger charge is 2.59. The van der Waals surface area contributed by atoms with Gasteiger partial charge in [0.15, 0.2) is 0 Å². The standard InChI is InChI=1S/C29H25F6N3O2/c30-28(31,32)22-11-7-20(8-12-22)26(21-9-13-23(14-10-21)29(33,34)35)18-37-17-16-27(26,25(36)40)38-24(39)15-6-19-4-2-1-3-5-19/h1-15,37H,16-18H2,(H2,36,40)(H,38,39)/b15-6+. The lowest BCUT2D eigenvalue weighted by molar-refractivity contribution is -0.138. The minimum Gasteiger partial charge on any atom is -0.368 e. The number of nitrogens with two attached hydrogens (primary N) is 1. The van der Waals surface area contributed by atoms with Gasteiger partial charge in [0.1, 0.15) is 5.54 Å². The van der Waals surface area contributed by atoms with Crippen molar-refractivity contribution in [2.75, 3.05) is 13.1 Å². The second kappa shape index (κ2) is 10.8. The van der Waals surface area contributed by atoms with Gasteiger partial charge in [-0.15, -0.1) is 0 Å². The summed E-state index contributed by atoms with van der Waals surface area (Å²) in [6.45, 7) is 0.0734. The number of nitrogens with one attached hydrogen (secondary N) is 2. The van der Waals surface area contributed by atoms with Crippen molar-refractivity contribution in [2.45, 2.75) is 29.7 Å². The molecule has 1 atom stereocenters. The SMILES string of the molecule is NC(=O)C1(NC(=O)/C=C/c2ccccc2)CCNCC1(c1ccc(C(F)(F)F)cc1)c1ccc(C(F)(F)F)cc1. The van der Waals surface area contributed by atoms with Gasteiger partial charge in [0, 0.05) is 12.6 Å². The molecule has 11 heteroatoms. The van der Waals surface area contributed by atoms with Crippen molar-refractivity contribution in [3.05, 3.63) is 113 Å². The summed E-state index contributed by atoms with van der Waals surface area (Å²) in [5, 5.41) is 5.78. The average molecular weight is 562 g/mol. The Labute approximate surface area is 226 Å². The Balaban J connectivity index is 1.89. The van der Waals surface area contributed by atoms with Gasteiger partial charge >= 0.3 is 12.4 Å². The first-order chi connectivity index (χ1) is 18.8. The minimum absolute atomic E-state index is 0.0880. The van der Waals surface area contributed by atoms with Gasteiger partial charge in [-0.25, -0.2) is 0 Å². The zero-order valence-corrected chi connectivity index (χ0v) is 20.9. The maximum atomic E-state index is 13.4. The molecule has 0 radical (unpaired) electrons. The van der Waals surface area contributed by atoms with Crippen molar-refractivity contribution in [2.24, 2.45) is 5.73 Å². The number of rotatable bonds is 6. The molecule has 0 aliphatic carbocycles. The van der Waals surface area contributed by atoms with Crippen molar-refractivity contribution in [1.29, 1.82) is 0 Å².